The van der Waals surface area contributed by atoms with Crippen molar-refractivity contribution < 1.29 is 9.53 Å². The summed E-state index contributed by atoms with van der Waals surface area (Å²) in [4.78, 5) is 11.5. The maximum absolute atomic E-state index is 11.5. The molecule has 0 heterocycles. The van der Waals surface area contributed by atoms with Crippen molar-refractivity contribution >= 4 is 23.3 Å². The van der Waals surface area contributed by atoms with Gasteiger partial charge in [-0.3, -0.25) is 0 Å². The normalized spacial score (nSPS) is 11.1. The zero-order valence-electron chi connectivity index (χ0n) is 9.93. The number of hydrogen-bond donors (Lipinski definition) is 1. The van der Waals surface area contributed by atoms with Gasteiger partial charge in [-0.05, 0) is 38.5 Å². The molecular formula is C12H16ClNO2. The van der Waals surface area contributed by atoms with E-state index in [1.165, 1.54) is 7.11 Å². The molecule has 0 aliphatic carbocycles. The van der Waals surface area contributed by atoms with Gasteiger partial charge < -0.3 is 10.1 Å². The van der Waals surface area contributed by atoms with Gasteiger partial charge in [0, 0.05) is 10.7 Å². The molecule has 0 amide bonds. The van der Waals surface area contributed by atoms with E-state index in [9.17, 15) is 4.79 Å². The third-order valence-electron chi connectivity index (χ3n) is 2.34. The van der Waals surface area contributed by atoms with Crippen LogP contribution in [-0.2, 0) is 9.53 Å². The lowest BCUT2D eigenvalue weighted by Gasteiger charge is -2.25. The minimum absolute atomic E-state index is 0.313. The molecule has 88 valence electrons. The lowest BCUT2D eigenvalue weighted by molar-refractivity contribution is -0.144. The van der Waals surface area contributed by atoms with Gasteiger partial charge in [-0.15, -0.1) is 0 Å². The molecule has 0 radical (unpaired) electrons. The first-order valence-electron chi connectivity index (χ1n) is 4.99. The number of hydrogen-bond acceptors (Lipinski definition) is 3. The molecule has 16 heavy (non-hydrogen) atoms. The van der Waals surface area contributed by atoms with Gasteiger partial charge in [0.15, 0.2) is 0 Å². The number of carbonyl (C=O) groups excluding carboxylic acids is 1. The molecule has 3 nitrogen and oxygen atoms in total. The Labute approximate surface area is 101 Å². The van der Waals surface area contributed by atoms with Crippen LogP contribution in [0.1, 0.15) is 19.4 Å². The van der Waals surface area contributed by atoms with Crippen molar-refractivity contribution in [2.24, 2.45) is 0 Å². The van der Waals surface area contributed by atoms with Crippen LogP contribution in [0.25, 0.3) is 0 Å². The van der Waals surface area contributed by atoms with Gasteiger partial charge in [0.2, 0.25) is 0 Å². The quantitative estimate of drug-likeness (QED) is 0.827. The van der Waals surface area contributed by atoms with Gasteiger partial charge in [-0.25, -0.2) is 4.79 Å². The molecule has 0 aliphatic rings. The maximum atomic E-state index is 11.5. The number of ether oxygens (including phenoxy) is 1. The van der Waals surface area contributed by atoms with Gasteiger partial charge in [0.1, 0.15) is 5.54 Å². The Balaban J connectivity index is 2.95. The second kappa shape index (κ2) is 4.74. The zero-order chi connectivity index (χ0) is 12.3. The van der Waals surface area contributed by atoms with Crippen LogP contribution in [0.15, 0.2) is 18.2 Å². The smallest absolute Gasteiger partial charge is 0.330 e. The summed E-state index contributed by atoms with van der Waals surface area (Å²) in [7, 11) is 1.37. The van der Waals surface area contributed by atoms with Crippen LogP contribution in [0.4, 0.5) is 5.69 Å². The van der Waals surface area contributed by atoms with Crippen molar-refractivity contribution in [3.63, 3.8) is 0 Å². The van der Waals surface area contributed by atoms with E-state index in [-0.39, 0.29) is 5.97 Å². The van der Waals surface area contributed by atoms with Crippen molar-refractivity contribution in [1.29, 1.82) is 0 Å². The molecule has 0 aromatic heterocycles. The number of methoxy groups -OCH3 is 1. The largest absolute Gasteiger partial charge is 0.467 e. The summed E-state index contributed by atoms with van der Waals surface area (Å²) in [5.74, 6) is -0.313. The Morgan fingerprint density at radius 3 is 2.62 bits per heavy atom. The first-order chi connectivity index (χ1) is 7.36. The summed E-state index contributed by atoms with van der Waals surface area (Å²) in [6, 6.07) is 5.51. The molecule has 1 aromatic carbocycles. The third-order valence-corrected chi connectivity index (χ3v) is 2.58. The number of carbonyl (C=O) groups is 1. The zero-order valence-corrected chi connectivity index (χ0v) is 10.7. The average Bonchev–Trinajstić information content (AvgIpc) is 2.22. The highest BCUT2D eigenvalue weighted by molar-refractivity contribution is 6.30. The molecule has 0 saturated heterocycles. The van der Waals surface area contributed by atoms with E-state index in [4.69, 9.17) is 16.3 Å². The van der Waals surface area contributed by atoms with E-state index < -0.39 is 5.54 Å². The maximum Gasteiger partial charge on any atom is 0.330 e. The highest BCUT2D eigenvalue weighted by Crippen LogP contribution is 2.24. The standard InChI is InChI=1S/C12H16ClNO2/c1-8-5-6-9(13)7-10(8)14-12(2,3)11(15)16-4/h5-7,14H,1-4H3. The minimum atomic E-state index is -0.774. The molecule has 0 unspecified atom stereocenters. The highest BCUT2D eigenvalue weighted by Gasteiger charge is 2.28. The Morgan fingerprint density at radius 1 is 1.44 bits per heavy atom. The van der Waals surface area contributed by atoms with Gasteiger partial charge in [-0.2, -0.15) is 0 Å². The van der Waals surface area contributed by atoms with Crippen LogP contribution >= 0.6 is 11.6 Å². The third kappa shape index (κ3) is 2.89. The molecule has 0 aliphatic heterocycles. The van der Waals surface area contributed by atoms with Crippen molar-refractivity contribution in [2.45, 2.75) is 26.3 Å². The SMILES string of the molecule is COC(=O)C(C)(C)Nc1cc(Cl)ccc1C. The van der Waals surface area contributed by atoms with Crippen LogP contribution in [0.5, 0.6) is 0 Å². The molecule has 0 fully saturated rings. The summed E-state index contributed by atoms with van der Waals surface area (Å²) in [6.07, 6.45) is 0. The molecule has 1 aromatic rings. The van der Waals surface area contributed by atoms with Gasteiger partial charge in [0.25, 0.3) is 0 Å². The number of halogens is 1. The molecule has 0 saturated carbocycles. The summed E-state index contributed by atoms with van der Waals surface area (Å²) in [5.41, 5.74) is 1.09. The fraction of sp³-hybridized carbons (Fsp3) is 0.417. The van der Waals surface area contributed by atoms with Gasteiger partial charge >= 0.3 is 5.97 Å². The highest BCUT2D eigenvalue weighted by atomic mass is 35.5. The fourth-order valence-corrected chi connectivity index (χ4v) is 1.54. The van der Waals surface area contributed by atoms with Crippen molar-refractivity contribution in [2.75, 3.05) is 12.4 Å². The van der Waals surface area contributed by atoms with E-state index in [1.54, 1.807) is 19.9 Å². The van der Waals surface area contributed by atoms with E-state index in [2.05, 4.69) is 5.32 Å². The molecule has 1 N–H and O–H groups in total. The predicted octanol–water partition coefficient (Wildman–Crippen LogP) is 3.01. The van der Waals surface area contributed by atoms with Crippen LogP contribution < -0.4 is 5.32 Å². The lowest BCUT2D eigenvalue weighted by Crippen LogP contribution is -2.41. The van der Waals surface area contributed by atoms with Crippen LogP contribution in [-0.4, -0.2) is 18.6 Å². The first kappa shape index (κ1) is 12.8. The van der Waals surface area contributed by atoms with Crippen molar-refractivity contribution in [3.05, 3.63) is 28.8 Å². The predicted molar refractivity (Wildman–Crippen MR) is 65.9 cm³/mol. The molecule has 1 rings (SSSR count). The Kier molecular flexibility index (Phi) is 3.81. The second-order valence-corrected chi connectivity index (χ2v) is 4.64. The van der Waals surface area contributed by atoms with E-state index in [0.29, 0.717) is 5.02 Å². The number of rotatable bonds is 3. The average molecular weight is 242 g/mol. The Hall–Kier alpha value is -1.22. The van der Waals surface area contributed by atoms with Crippen LogP contribution in [0.3, 0.4) is 0 Å². The summed E-state index contributed by atoms with van der Waals surface area (Å²) < 4.78 is 4.72. The fourth-order valence-electron chi connectivity index (χ4n) is 1.37. The summed E-state index contributed by atoms with van der Waals surface area (Å²) in [5, 5.41) is 3.75. The molecule has 0 bridgehead atoms. The number of anilines is 1. The topological polar surface area (TPSA) is 38.3 Å². The van der Waals surface area contributed by atoms with Crippen LogP contribution in [0, 0.1) is 6.92 Å². The molecule has 4 heteroatoms. The summed E-state index contributed by atoms with van der Waals surface area (Å²) in [6.45, 7) is 5.48. The number of esters is 1. The minimum Gasteiger partial charge on any atom is -0.467 e. The van der Waals surface area contributed by atoms with Gasteiger partial charge in [0.05, 0.1) is 7.11 Å². The second-order valence-electron chi connectivity index (χ2n) is 4.20. The van der Waals surface area contributed by atoms with Crippen molar-refractivity contribution in [1.82, 2.24) is 0 Å². The first-order valence-corrected chi connectivity index (χ1v) is 5.37. The number of aryl methyl sites for hydroxylation is 1. The number of nitrogens with one attached hydrogen (secondary N) is 1. The molecular weight excluding hydrogens is 226 g/mol. The monoisotopic (exact) mass is 241 g/mol. The van der Waals surface area contributed by atoms with Gasteiger partial charge in [-0.1, -0.05) is 17.7 Å². The van der Waals surface area contributed by atoms with Crippen LogP contribution in [0.2, 0.25) is 5.02 Å². The van der Waals surface area contributed by atoms with E-state index in [0.717, 1.165) is 11.3 Å². The van der Waals surface area contributed by atoms with E-state index in [1.807, 2.05) is 19.1 Å². The summed E-state index contributed by atoms with van der Waals surface area (Å²) >= 11 is 5.90. The Bertz CT molecular complexity index is 402. The Morgan fingerprint density at radius 2 is 2.06 bits per heavy atom. The lowest BCUT2D eigenvalue weighted by atomic mass is 10.0. The molecule has 0 atom stereocenters. The molecule has 0 spiro atoms. The number of benzene rings is 1. The van der Waals surface area contributed by atoms with Crippen molar-refractivity contribution in [3.8, 4) is 0 Å². The van der Waals surface area contributed by atoms with E-state index >= 15 is 0 Å².